The number of amides is 2. The molecule has 0 radical (unpaired) electrons. The third kappa shape index (κ3) is 2.93. The van der Waals surface area contributed by atoms with Crippen molar-refractivity contribution in [1.29, 1.82) is 0 Å². The SMILES string of the molecule is Cn1c(C(=O)O)cnc1CNC(=O)NCC1OC(=O)CC12CCC2. The second kappa shape index (κ2) is 6.14. The van der Waals surface area contributed by atoms with Crippen LogP contribution in [0.15, 0.2) is 6.20 Å². The van der Waals surface area contributed by atoms with Gasteiger partial charge in [-0.25, -0.2) is 14.6 Å². The van der Waals surface area contributed by atoms with Crippen molar-refractivity contribution in [1.82, 2.24) is 20.2 Å². The Morgan fingerprint density at radius 1 is 1.46 bits per heavy atom. The van der Waals surface area contributed by atoms with Gasteiger partial charge in [-0.2, -0.15) is 0 Å². The maximum Gasteiger partial charge on any atom is 0.354 e. The molecule has 1 saturated heterocycles. The van der Waals surface area contributed by atoms with Gasteiger partial charge in [0.25, 0.3) is 0 Å². The molecule has 1 aliphatic heterocycles. The van der Waals surface area contributed by atoms with Gasteiger partial charge < -0.3 is 25.0 Å². The van der Waals surface area contributed by atoms with E-state index in [2.05, 4.69) is 15.6 Å². The highest BCUT2D eigenvalue weighted by molar-refractivity contribution is 5.85. The molecule has 9 heteroatoms. The molecule has 1 unspecified atom stereocenters. The third-order valence-electron chi connectivity index (χ3n) is 4.96. The minimum absolute atomic E-state index is 0.0528. The molecular weight excluding hydrogens is 316 g/mol. The van der Waals surface area contributed by atoms with Gasteiger partial charge in [0, 0.05) is 12.5 Å². The largest absolute Gasteiger partial charge is 0.477 e. The molecular formula is C15H20N4O5. The summed E-state index contributed by atoms with van der Waals surface area (Å²) in [5.74, 6) is -0.837. The molecule has 2 heterocycles. The number of carbonyl (C=O) groups excluding carboxylic acids is 2. The molecule has 1 aliphatic carbocycles. The molecule has 2 fully saturated rings. The summed E-state index contributed by atoms with van der Waals surface area (Å²) in [6.07, 6.45) is 4.42. The van der Waals surface area contributed by atoms with Crippen LogP contribution in [-0.4, -0.2) is 45.3 Å². The van der Waals surface area contributed by atoms with Crippen molar-refractivity contribution in [2.45, 2.75) is 38.3 Å². The molecule has 130 valence electrons. The molecule has 1 saturated carbocycles. The number of aromatic nitrogens is 2. The van der Waals surface area contributed by atoms with E-state index >= 15 is 0 Å². The van der Waals surface area contributed by atoms with Gasteiger partial charge in [0.1, 0.15) is 17.6 Å². The lowest BCUT2D eigenvalue weighted by molar-refractivity contribution is -0.141. The van der Waals surface area contributed by atoms with Crippen LogP contribution in [0.5, 0.6) is 0 Å². The number of carboxylic acids is 1. The summed E-state index contributed by atoms with van der Waals surface area (Å²) in [5, 5.41) is 14.3. The predicted molar refractivity (Wildman–Crippen MR) is 81.2 cm³/mol. The number of nitrogens with zero attached hydrogens (tertiary/aromatic N) is 2. The fourth-order valence-electron chi connectivity index (χ4n) is 3.33. The van der Waals surface area contributed by atoms with E-state index in [0.717, 1.165) is 19.3 Å². The highest BCUT2D eigenvalue weighted by atomic mass is 16.6. The maximum atomic E-state index is 11.9. The first-order valence-electron chi connectivity index (χ1n) is 7.86. The summed E-state index contributed by atoms with van der Waals surface area (Å²) in [6, 6.07) is -0.410. The molecule has 2 amide bonds. The van der Waals surface area contributed by atoms with Crippen molar-refractivity contribution < 1.29 is 24.2 Å². The number of ether oxygens (including phenoxy) is 1. The molecule has 3 N–H and O–H groups in total. The number of nitrogens with one attached hydrogen (secondary N) is 2. The van der Waals surface area contributed by atoms with E-state index in [1.54, 1.807) is 7.05 Å². The first kappa shape index (κ1) is 16.3. The zero-order chi connectivity index (χ0) is 17.3. The highest BCUT2D eigenvalue weighted by Gasteiger charge is 2.52. The summed E-state index contributed by atoms with van der Waals surface area (Å²) in [5.41, 5.74) is -0.0440. The third-order valence-corrected chi connectivity index (χ3v) is 4.96. The smallest absolute Gasteiger partial charge is 0.354 e. The minimum Gasteiger partial charge on any atom is -0.477 e. The molecule has 24 heavy (non-hydrogen) atoms. The van der Waals surface area contributed by atoms with Gasteiger partial charge in [0.05, 0.1) is 25.7 Å². The average molecular weight is 336 g/mol. The van der Waals surface area contributed by atoms with Crippen LogP contribution in [0.3, 0.4) is 0 Å². The van der Waals surface area contributed by atoms with Crippen molar-refractivity contribution in [3.8, 4) is 0 Å². The molecule has 3 rings (SSSR count). The van der Waals surface area contributed by atoms with Crippen LogP contribution in [0.2, 0.25) is 0 Å². The Labute approximate surface area is 138 Å². The standard InChI is InChI=1S/C15H20N4O5/c1-19-9(13(21)22)6-16-11(19)8-18-14(23)17-7-10-15(3-2-4-15)5-12(20)24-10/h6,10H,2-5,7-8H2,1H3,(H,21,22)(H2,17,18,23). The van der Waals surface area contributed by atoms with E-state index in [1.807, 2.05) is 0 Å². The second-order valence-electron chi connectivity index (χ2n) is 6.36. The number of hydrogen-bond donors (Lipinski definition) is 3. The van der Waals surface area contributed by atoms with Gasteiger partial charge in [-0.1, -0.05) is 6.42 Å². The number of esters is 1. The van der Waals surface area contributed by atoms with E-state index in [1.165, 1.54) is 10.8 Å². The summed E-state index contributed by atoms with van der Waals surface area (Å²) < 4.78 is 6.73. The van der Waals surface area contributed by atoms with Crippen LogP contribution in [0.1, 0.15) is 42.0 Å². The predicted octanol–water partition coefficient (Wildman–Crippen LogP) is 0.403. The summed E-state index contributed by atoms with van der Waals surface area (Å²) in [6.45, 7) is 0.379. The molecule has 0 bridgehead atoms. The number of urea groups is 1. The van der Waals surface area contributed by atoms with Crippen molar-refractivity contribution in [2.75, 3.05) is 6.54 Å². The molecule has 2 aliphatic rings. The number of rotatable bonds is 5. The normalized spacial score (nSPS) is 21.2. The summed E-state index contributed by atoms with van der Waals surface area (Å²) in [7, 11) is 1.57. The monoisotopic (exact) mass is 336 g/mol. The number of carboxylic acid groups (broad SMARTS) is 1. The maximum absolute atomic E-state index is 11.9. The summed E-state index contributed by atoms with van der Waals surface area (Å²) in [4.78, 5) is 38.3. The number of imidazole rings is 1. The Hall–Kier alpha value is -2.58. The highest BCUT2D eigenvalue weighted by Crippen LogP contribution is 2.51. The number of hydrogen-bond acceptors (Lipinski definition) is 5. The van der Waals surface area contributed by atoms with Crippen molar-refractivity contribution in [2.24, 2.45) is 12.5 Å². The van der Waals surface area contributed by atoms with E-state index in [9.17, 15) is 14.4 Å². The molecule has 1 spiro atoms. The van der Waals surface area contributed by atoms with Crippen LogP contribution in [0, 0.1) is 5.41 Å². The van der Waals surface area contributed by atoms with Crippen LogP contribution in [0.25, 0.3) is 0 Å². The fourth-order valence-corrected chi connectivity index (χ4v) is 3.33. The Morgan fingerprint density at radius 3 is 2.79 bits per heavy atom. The van der Waals surface area contributed by atoms with E-state index in [-0.39, 0.29) is 36.3 Å². The Balaban J connectivity index is 1.48. The number of aromatic carboxylic acids is 1. The van der Waals surface area contributed by atoms with Crippen LogP contribution in [-0.2, 0) is 23.1 Å². The lowest BCUT2D eigenvalue weighted by Gasteiger charge is -2.40. The van der Waals surface area contributed by atoms with Crippen LogP contribution in [0.4, 0.5) is 4.79 Å². The van der Waals surface area contributed by atoms with Crippen LogP contribution >= 0.6 is 0 Å². The first-order chi connectivity index (χ1) is 11.4. The Kier molecular flexibility index (Phi) is 4.16. The average Bonchev–Trinajstić information content (AvgIpc) is 3.03. The Morgan fingerprint density at radius 2 is 2.21 bits per heavy atom. The first-order valence-corrected chi connectivity index (χ1v) is 7.86. The van der Waals surface area contributed by atoms with Crippen molar-refractivity contribution in [3.05, 3.63) is 17.7 Å². The number of cyclic esters (lactones) is 1. The minimum atomic E-state index is -1.07. The Bertz CT molecular complexity index is 679. The molecule has 1 aromatic heterocycles. The van der Waals surface area contributed by atoms with Gasteiger partial charge in [0.15, 0.2) is 0 Å². The molecule has 1 aromatic rings. The molecule has 9 nitrogen and oxygen atoms in total. The fraction of sp³-hybridized carbons (Fsp3) is 0.600. The summed E-state index contributed by atoms with van der Waals surface area (Å²) >= 11 is 0. The van der Waals surface area contributed by atoms with Gasteiger partial charge in [0.2, 0.25) is 0 Å². The lowest BCUT2D eigenvalue weighted by Crippen LogP contribution is -2.47. The van der Waals surface area contributed by atoms with Gasteiger partial charge in [-0.3, -0.25) is 4.79 Å². The quantitative estimate of drug-likeness (QED) is 0.669. The van der Waals surface area contributed by atoms with Crippen LogP contribution < -0.4 is 10.6 Å². The zero-order valence-electron chi connectivity index (χ0n) is 13.4. The van der Waals surface area contributed by atoms with Crippen molar-refractivity contribution >= 4 is 18.0 Å². The second-order valence-corrected chi connectivity index (χ2v) is 6.36. The molecule has 1 atom stereocenters. The zero-order valence-corrected chi connectivity index (χ0v) is 13.4. The van der Waals surface area contributed by atoms with Gasteiger partial charge in [-0.15, -0.1) is 0 Å². The van der Waals surface area contributed by atoms with Gasteiger partial charge >= 0.3 is 18.0 Å². The topological polar surface area (TPSA) is 123 Å². The molecule has 0 aromatic carbocycles. The lowest BCUT2D eigenvalue weighted by atomic mass is 9.64. The van der Waals surface area contributed by atoms with E-state index in [0.29, 0.717) is 12.2 Å². The van der Waals surface area contributed by atoms with Gasteiger partial charge in [-0.05, 0) is 12.8 Å². The number of carbonyl (C=O) groups is 3. The van der Waals surface area contributed by atoms with Crippen molar-refractivity contribution in [3.63, 3.8) is 0 Å². The van der Waals surface area contributed by atoms with E-state index in [4.69, 9.17) is 9.84 Å². The van der Waals surface area contributed by atoms with E-state index < -0.39 is 12.0 Å².